The van der Waals surface area contributed by atoms with Crippen molar-refractivity contribution < 1.29 is 4.79 Å². The molecule has 0 fully saturated rings. The Hall–Kier alpha value is -2.43. The molecule has 0 radical (unpaired) electrons. The average molecular weight is 270 g/mol. The number of anilines is 2. The lowest BCUT2D eigenvalue weighted by Gasteiger charge is -2.13. The molecule has 2 aromatic rings. The number of aromatic nitrogens is 2. The van der Waals surface area contributed by atoms with Crippen LogP contribution in [0.25, 0.3) is 0 Å². The van der Waals surface area contributed by atoms with E-state index in [1.165, 1.54) is 5.56 Å². The first kappa shape index (κ1) is 14.0. The first-order chi connectivity index (χ1) is 9.56. The number of rotatable bonds is 4. The zero-order chi connectivity index (χ0) is 14.5. The first-order valence-electron chi connectivity index (χ1n) is 6.45. The van der Waals surface area contributed by atoms with Crippen LogP contribution in [0.5, 0.6) is 0 Å². The molecule has 0 aliphatic rings. The van der Waals surface area contributed by atoms with Crippen molar-refractivity contribution in [1.82, 2.24) is 9.97 Å². The van der Waals surface area contributed by atoms with Gasteiger partial charge in [0.2, 0.25) is 11.9 Å². The largest absolute Gasteiger partial charge is 0.345 e. The highest BCUT2D eigenvalue weighted by molar-refractivity contribution is 5.95. The van der Waals surface area contributed by atoms with Crippen molar-refractivity contribution in [3.05, 3.63) is 47.3 Å². The van der Waals surface area contributed by atoms with E-state index < -0.39 is 0 Å². The van der Waals surface area contributed by atoms with Crippen LogP contribution in [0.15, 0.2) is 30.6 Å². The number of nitrogens with zero attached hydrogens (tertiary/aromatic N) is 2. The van der Waals surface area contributed by atoms with Crippen LogP contribution in [0.4, 0.5) is 11.6 Å². The number of nitrogens with one attached hydrogen (secondary N) is 2. The molecule has 0 aliphatic heterocycles. The Morgan fingerprint density at radius 1 is 1.10 bits per heavy atom. The van der Waals surface area contributed by atoms with Gasteiger partial charge in [-0.25, -0.2) is 9.97 Å². The predicted molar refractivity (Wildman–Crippen MR) is 79.8 cm³/mol. The summed E-state index contributed by atoms with van der Waals surface area (Å²) in [4.78, 5) is 20.0. The highest BCUT2D eigenvalue weighted by Gasteiger charge is 2.08. The van der Waals surface area contributed by atoms with Gasteiger partial charge in [-0.05, 0) is 38.0 Å². The second kappa shape index (κ2) is 6.14. The van der Waals surface area contributed by atoms with Gasteiger partial charge >= 0.3 is 0 Å². The molecule has 1 aromatic heterocycles. The molecule has 0 bridgehead atoms. The van der Waals surface area contributed by atoms with E-state index in [9.17, 15) is 4.79 Å². The van der Waals surface area contributed by atoms with Crippen molar-refractivity contribution in [2.45, 2.75) is 20.8 Å². The van der Waals surface area contributed by atoms with Crippen molar-refractivity contribution in [2.75, 3.05) is 17.2 Å². The van der Waals surface area contributed by atoms with Gasteiger partial charge in [-0.1, -0.05) is 17.7 Å². The van der Waals surface area contributed by atoms with E-state index in [1.54, 1.807) is 18.5 Å². The number of carbonyl (C=O) groups is 1. The molecule has 1 amide bonds. The van der Waals surface area contributed by atoms with E-state index >= 15 is 0 Å². The average Bonchev–Trinajstić information content (AvgIpc) is 2.42. The third-order valence-electron chi connectivity index (χ3n) is 2.91. The van der Waals surface area contributed by atoms with E-state index in [4.69, 9.17) is 0 Å². The second-order valence-corrected chi connectivity index (χ2v) is 4.75. The fourth-order valence-corrected chi connectivity index (χ4v) is 2.11. The van der Waals surface area contributed by atoms with Crippen LogP contribution in [0.3, 0.4) is 0 Å². The lowest BCUT2D eigenvalue weighted by Crippen LogP contribution is -2.23. The summed E-state index contributed by atoms with van der Waals surface area (Å²) in [5.74, 6) is 0.326. The monoisotopic (exact) mass is 270 g/mol. The SMILES string of the molecule is Cc1cc(C)c(NC(=O)CNc2ncccn2)c(C)c1. The van der Waals surface area contributed by atoms with Gasteiger partial charge in [-0.2, -0.15) is 0 Å². The maximum Gasteiger partial charge on any atom is 0.243 e. The van der Waals surface area contributed by atoms with E-state index in [1.807, 2.05) is 20.8 Å². The number of hydrogen-bond acceptors (Lipinski definition) is 4. The Morgan fingerprint density at radius 3 is 2.30 bits per heavy atom. The molecule has 0 aliphatic carbocycles. The van der Waals surface area contributed by atoms with Gasteiger partial charge in [0.1, 0.15) is 0 Å². The molecule has 104 valence electrons. The van der Waals surface area contributed by atoms with Gasteiger partial charge in [0.15, 0.2) is 0 Å². The highest BCUT2D eigenvalue weighted by atomic mass is 16.1. The van der Waals surface area contributed by atoms with Crippen LogP contribution < -0.4 is 10.6 Å². The molecule has 5 heteroatoms. The summed E-state index contributed by atoms with van der Waals surface area (Å²) in [6.45, 7) is 6.16. The van der Waals surface area contributed by atoms with E-state index in [0.29, 0.717) is 5.95 Å². The van der Waals surface area contributed by atoms with Crippen LogP contribution in [0.1, 0.15) is 16.7 Å². The Morgan fingerprint density at radius 2 is 1.70 bits per heavy atom. The van der Waals surface area contributed by atoms with Crippen LogP contribution in [0.2, 0.25) is 0 Å². The Labute approximate surface area is 118 Å². The third kappa shape index (κ3) is 3.54. The van der Waals surface area contributed by atoms with Crippen molar-refractivity contribution in [3.63, 3.8) is 0 Å². The lowest BCUT2D eigenvalue weighted by atomic mass is 10.1. The standard InChI is InChI=1S/C15H18N4O/c1-10-7-11(2)14(12(3)8-10)19-13(20)9-18-15-16-5-4-6-17-15/h4-8H,9H2,1-3H3,(H,19,20)(H,16,17,18). The summed E-state index contributed by atoms with van der Waals surface area (Å²) in [7, 11) is 0. The molecule has 2 rings (SSSR count). The maximum atomic E-state index is 11.9. The summed E-state index contributed by atoms with van der Waals surface area (Å²) in [6.07, 6.45) is 3.25. The van der Waals surface area contributed by atoms with Gasteiger partial charge < -0.3 is 10.6 Å². The highest BCUT2D eigenvalue weighted by Crippen LogP contribution is 2.21. The van der Waals surface area contributed by atoms with Crippen molar-refractivity contribution >= 4 is 17.5 Å². The van der Waals surface area contributed by atoms with Crippen molar-refractivity contribution in [1.29, 1.82) is 0 Å². The number of amides is 1. The molecule has 0 atom stereocenters. The Kier molecular flexibility index (Phi) is 4.30. The van der Waals surface area contributed by atoms with Gasteiger partial charge in [0, 0.05) is 18.1 Å². The summed E-state index contributed by atoms with van der Waals surface area (Å²) in [6, 6.07) is 5.83. The molecule has 0 spiro atoms. The quantitative estimate of drug-likeness (QED) is 0.895. The van der Waals surface area contributed by atoms with Crippen LogP contribution in [-0.2, 0) is 4.79 Å². The minimum Gasteiger partial charge on any atom is -0.345 e. The lowest BCUT2D eigenvalue weighted by molar-refractivity contribution is -0.114. The minimum atomic E-state index is -0.118. The summed E-state index contributed by atoms with van der Waals surface area (Å²) in [5, 5.41) is 5.80. The van der Waals surface area contributed by atoms with Crippen LogP contribution in [0, 0.1) is 20.8 Å². The molecule has 2 N–H and O–H groups in total. The Balaban J connectivity index is 1.98. The number of aryl methyl sites for hydroxylation is 3. The fraction of sp³-hybridized carbons (Fsp3) is 0.267. The molecule has 1 aromatic carbocycles. The smallest absolute Gasteiger partial charge is 0.243 e. The summed E-state index contributed by atoms with van der Waals surface area (Å²) in [5.41, 5.74) is 4.18. The molecule has 0 unspecified atom stereocenters. The maximum absolute atomic E-state index is 11.9. The van der Waals surface area contributed by atoms with Gasteiger partial charge in [-0.3, -0.25) is 4.79 Å². The van der Waals surface area contributed by atoms with E-state index in [-0.39, 0.29) is 12.5 Å². The van der Waals surface area contributed by atoms with Gasteiger partial charge in [0.25, 0.3) is 0 Å². The third-order valence-corrected chi connectivity index (χ3v) is 2.91. The van der Waals surface area contributed by atoms with Crippen molar-refractivity contribution in [3.8, 4) is 0 Å². The predicted octanol–water partition coefficient (Wildman–Crippen LogP) is 2.45. The molecule has 1 heterocycles. The topological polar surface area (TPSA) is 66.9 Å². The molecule has 0 saturated heterocycles. The van der Waals surface area contributed by atoms with E-state index in [0.717, 1.165) is 16.8 Å². The summed E-state index contributed by atoms with van der Waals surface area (Å²) >= 11 is 0. The van der Waals surface area contributed by atoms with Crippen LogP contribution >= 0.6 is 0 Å². The number of carbonyl (C=O) groups excluding carboxylic acids is 1. The van der Waals surface area contributed by atoms with Crippen LogP contribution in [-0.4, -0.2) is 22.4 Å². The normalized spacial score (nSPS) is 10.2. The Bertz CT molecular complexity index is 588. The molecule has 20 heavy (non-hydrogen) atoms. The van der Waals surface area contributed by atoms with Gasteiger partial charge in [0.05, 0.1) is 6.54 Å². The second-order valence-electron chi connectivity index (χ2n) is 4.75. The molecular weight excluding hydrogens is 252 g/mol. The minimum absolute atomic E-state index is 0.118. The van der Waals surface area contributed by atoms with Crippen molar-refractivity contribution in [2.24, 2.45) is 0 Å². The zero-order valence-corrected chi connectivity index (χ0v) is 11.9. The molecule has 0 saturated carbocycles. The number of hydrogen-bond donors (Lipinski definition) is 2. The first-order valence-corrected chi connectivity index (χ1v) is 6.45. The molecular formula is C15H18N4O. The fourth-order valence-electron chi connectivity index (χ4n) is 2.11. The van der Waals surface area contributed by atoms with E-state index in [2.05, 4.69) is 32.7 Å². The molecule has 5 nitrogen and oxygen atoms in total. The number of benzene rings is 1. The van der Waals surface area contributed by atoms with Gasteiger partial charge in [-0.15, -0.1) is 0 Å². The zero-order valence-electron chi connectivity index (χ0n) is 11.9. The summed E-state index contributed by atoms with van der Waals surface area (Å²) < 4.78 is 0.